The van der Waals surface area contributed by atoms with E-state index < -0.39 is 6.04 Å². The number of carbonyl (C=O) groups excluding carboxylic acids is 3. The first kappa shape index (κ1) is 26.3. The summed E-state index contributed by atoms with van der Waals surface area (Å²) < 4.78 is 13.5. The highest BCUT2D eigenvalue weighted by Gasteiger charge is 2.31. The van der Waals surface area contributed by atoms with Gasteiger partial charge in [0.1, 0.15) is 11.9 Å². The molecule has 3 aromatic carbocycles. The van der Waals surface area contributed by atoms with Gasteiger partial charge in [-0.3, -0.25) is 14.4 Å². The van der Waals surface area contributed by atoms with Crippen molar-refractivity contribution in [3.63, 3.8) is 0 Å². The minimum atomic E-state index is -0.641. The van der Waals surface area contributed by atoms with Gasteiger partial charge < -0.3 is 15.1 Å². The Balaban J connectivity index is 1.48. The summed E-state index contributed by atoms with van der Waals surface area (Å²) in [5.41, 5.74) is 2.31. The van der Waals surface area contributed by atoms with Crippen LogP contribution in [0.4, 0.5) is 10.1 Å². The van der Waals surface area contributed by atoms with Crippen LogP contribution in [0, 0.1) is 5.82 Å². The maximum absolute atomic E-state index is 13.5. The van der Waals surface area contributed by atoms with Crippen LogP contribution in [0.25, 0.3) is 10.8 Å². The third-order valence-electron chi connectivity index (χ3n) is 7.07. The largest absolute Gasteiger partial charge is 0.352 e. The summed E-state index contributed by atoms with van der Waals surface area (Å²) in [6.07, 6.45) is 1.88. The van der Waals surface area contributed by atoms with E-state index in [0.717, 1.165) is 28.4 Å². The smallest absolute Gasteiger partial charge is 0.258 e. The summed E-state index contributed by atoms with van der Waals surface area (Å²) in [5.74, 6) is -0.765. The summed E-state index contributed by atoms with van der Waals surface area (Å²) >= 11 is 0. The zero-order valence-electron chi connectivity index (χ0n) is 21.7. The Bertz CT molecular complexity index is 1290. The SMILES string of the molecule is CCC(C)NC(=O)C(CC)N(Cc1ccc(F)cc1)C(=O)CCCN1C(=O)c2cccc3cccc1c23. The first-order valence-corrected chi connectivity index (χ1v) is 13.0. The molecule has 4 rings (SSSR count). The number of amides is 3. The van der Waals surface area contributed by atoms with Gasteiger partial charge in [-0.2, -0.15) is 0 Å². The molecule has 7 heteroatoms. The lowest BCUT2D eigenvalue weighted by Gasteiger charge is -2.31. The van der Waals surface area contributed by atoms with Crippen LogP contribution >= 0.6 is 0 Å². The van der Waals surface area contributed by atoms with Gasteiger partial charge in [0.2, 0.25) is 11.8 Å². The number of rotatable bonds is 11. The van der Waals surface area contributed by atoms with Crippen molar-refractivity contribution in [1.82, 2.24) is 10.2 Å². The van der Waals surface area contributed by atoms with E-state index in [0.29, 0.717) is 24.9 Å². The Morgan fingerprint density at radius 3 is 2.38 bits per heavy atom. The lowest BCUT2D eigenvalue weighted by atomic mass is 10.1. The van der Waals surface area contributed by atoms with Gasteiger partial charge in [-0.1, -0.05) is 50.2 Å². The van der Waals surface area contributed by atoms with Crippen LogP contribution in [0.1, 0.15) is 62.4 Å². The second kappa shape index (κ2) is 11.5. The van der Waals surface area contributed by atoms with Crippen LogP contribution in [0.15, 0.2) is 60.7 Å². The van der Waals surface area contributed by atoms with Gasteiger partial charge in [0.15, 0.2) is 0 Å². The number of hydrogen-bond donors (Lipinski definition) is 1. The minimum absolute atomic E-state index is 0.00477. The molecule has 2 atom stereocenters. The second-order valence-corrected chi connectivity index (χ2v) is 9.63. The van der Waals surface area contributed by atoms with E-state index in [1.54, 1.807) is 21.9 Å². The summed E-state index contributed by atoms with van der Waals surface area (Å²) in [4.78, 5) is 43.0. The fourth-order valence-corrected chi connectivity index (χ4v) is 4.88. The van der Waals surface area contributed by atoms with Crippen LogP contribution in [-0.4, -0.2) is 41.2 Å². The molecule has 194 valence electrons. The van der Waals surface area contributed by atoms with Gasteiger partial charge in [0.25, 0.3) is 5.91 Å². The highest BCUT2D eigenvalue weighted by atomic mass is 19.1. The number of halogens is 1. The first-order chi connectivity index (χ1) is 17.8. The van der Waals surface area contributed by atoms with E-state index >= 15 is 0 Å². The van der Waals surface area contributed by atoms with Crippen LogP contribution in [0.3, 0.4) is 0 Å². The van der Waals surface area contributed by atoms with Crippen LogP contribution in [-0.2, 0) is 16.1 Å². The van der Waals surface area contributed by atoms with E-state index in [4.69, 9.17) is 0 Å². The van der Waals surface area contributed by atoms with E-state index in [1.807, 2.05) is 57.2 Å². The van der Waals surface area contributed by atoms with Crippen molar-refractivity contribution in [3.8, 4) is 0 Å². The summed E-state index contributed by atoms with van der Waals surface area (Å²) in [7, 11) is 0. The molecule has 0 bridgehead atoms. The number of anilines is 1. The first-order valence-electron chi connectivity index (χ1n) is 13.0. The average Bonchev–Trinajstić information content (AvgIpc) is 3.17. The van der Waals surface area contributed by atoms with E-state index in [2.05, 4.69) is 5.32 Å². The Morgan fingerprint density at radius 2 is 1.70 bits per heavy atom. The van der Waals surface area contributed by atoms with Gasteiger partial charge in [-0.05, 0) is 61.4 Å². The predicted octanol–water partition coefficient (Wildman–Crippen LogP) is 5.44. The molecule has 1 heterocycles. The van der Waals surface area contributed by atoms with Crippen LogP contribution in [0.5, 0.6) is 0 Å². The number of nitrogens with zero attached hydrogens (tertiary/aromatic N) is 2. The van der Waals surface area contributed by atoms with Crippen molar-refractivity contribution in [2.24, 2.45) is 0 Å². The van der Waals surface area contributed by atoms with Crippen molar-refractivity contribution in [3.05, 3.63) is 77.6 Å². The molecule has 1 N–H and O–H groups in total. The molecule has 0 radical (unpaired) electrons. The molecule has 0 spiro atoms. The average molecular weight is 504 g/mol. The molecule has 0 aromatic heterocycles. The summed E-state index contributed by atoms with van der Waals surface area (Å²) in [6.45, 7) is 6.41. The van der Waals surface area contributed by atoms with E-state index in [-0.39, 0.29) is 42.5 Å². The fraction of sp³-hybridized carbons (Fsp3) is 0.367. The predicted molar refractivity (Wildman–Crippen MR) is 144 cm³/mol. The summed E-state index contributed by atoms with van der Waals surface area (Å²) in [5, 5.41) is 4.96. The van der Waals surface area contributed by atoms with Gasteiger partial charge >= 0.3 is 0 Å². The molecular weight excluding hydrogens is 469 g/mol. The maximum Gasteiger partial charge on any atom is 0.258 e. The van der Waals surface area contributed by atoms with Gasteiger partial charge in [0.05, 0.1) is 5.69 Å². The number of nitrogens with one attached hydrogen (secondary N) is 1. The number of carbonyl (C=O) groups is 3. The fourth-order valence-electron chi connectivity index (χ4n) is 4.88. The number of benzene rings is 3. The molecule has 6 nitrogen and oxygen atoms in total. The van der Waals surface area contributed by atoms with Crippen molar-refractivity contribution < 1.29 is 18.8 Å². The Kier molecular flexibility index (Phi) is 8.21. The van der Waals surface area contributed by atoms with E-state index in [9.17, 15) is 18.8 Å². The highest BCUT2D eigenvalue weighted by molar-refractivity contribution is 6.25. The Hall–Kier alpha value is -3.74. The van der Waals surface area contributed by atoms with Gasteiger partial charge in [-0.15, -0.1) is 0 Å². The quantitative estimate of drug-likeness (QED) is 0.379. The third kappa shape index (κ3) is 5.66. The molecule has 0 fully saturated rings. The van der Waals surface area contributed by atoms with Crippen LogP contribution in [0.2, 0.25) is 0 Å². The third-order valence-corrected chi connectivity index (χ3v) is 7.07. The highest BCUT2D eigenvalue weighted by Crippen LogP contribution is 2.37. The molecule has 3 aromatic rings. The molecule has 1 aliphatic rings. The van der Waals surface area contributed by atoms with Crippen molar-refractivity contribution in [2.75, 3.05) is 11.4 Å². The molecular formula is C30H34FN3O3. The lowest BCUT2D eigenvalue weighted by molar-refractivity contribution is -0.141. The summed E-state index contributed by atoms with van der Waals surface area (Å²) in [6, 6.07) is 16.9. The Morgan fingerprint density at radius 1 is 1.00 bits per heavy atom. The normalized spacial score (nSPS) is 14.1. The molecule has 1 aliphatic heterocycles. The zero-order chi connectivity index (χ0) is 26.5. The zero-order valence-corrected chi connectivity index (χ0v) is 21.7. The van der Waals surface area contributed by atoms with Gasteiger partial charge in [0, 0.05) is 36.5 Å². The lowest BCUT2D eigenvalue weighted by Crippen LogP contribution is -2.50. The Labute approximate surface area is 217 Å². The molecule has 3 amide bonds. The van der Waals surface area contributed by atoms with Crippen LogP contribution < -0.4 is 10.2 Å². The van der Waals surface area contributed by atoms with Crippen molar-refractivity contribution >= 4 is 34.2 Å². The standard InChI is InChI=1S/C30H34FN3O3/c1-4-20(3)32-29(36)25(5-2)34(19-21-14-16-23(31)17-15-21)27(35)13-8-18-33-26-12-7-10-22-9-6-11-24(28(22)26)30(33)37/h6-7,9-12,14-17,20,25H,4-5,8,13,18-19H2,1-3H3,(H,32,36). The topological polar surface area (TPSA) is 69.7 Å². The minimum Gasteiger partial charge on any atom is -0.352 e. The van der Waals surface area contributed by atoms with Crippen molar-refractivity contribution in [2.45, 2.75) is 65.1 Å². The van der Waals surface area contributed by atoms with Gasteiger partial charge in [-0.25, -0.2) is 4.39 Å². The number of hydrogen-bond acceptors (Lipinski definition) is 3. The molecule has 2 unspecified atom stereocenters. The second-order valence-electron chi connectivity index (χ2n) is 9.63. The molecule has 0 saturated carbocycles. The maximum atomic E-state index is 13.5. The molecule has 37 heavy (non-hydrogen) atoms. The molecule has 0 aliphatic carbocycles. The monoisotopic (exact) mass is 503 g/mol. The molecule has 0 saturated heterocycles. The van der Waals surface area contributed by atoms with E-state index in [1.165, 1.54) is 12.1 Å². The van der Waals surface area contributed by atoms with Crippen molar-refractivity contribution in [1.29, 1.82) is 0 Å².